The smallest absolute Gasteiger partial charge is 0.308 e. The first-order valence-electron chi connectivity index (χ1n) is 1.71. The van der Waals surface area contributed by atoms with Gasteiger partial charge in [0, 0.05) is 0 Å². The van der Waals surface area contributed by atoms with E-state index in [-0.39, 0.29) is 0 Å². The van der Waals surface area contributed by atoms with Crippen molar-refractivity contribution in [3.05, 3.63) is 0 Å². The lowest BCUT2D eigenvalue weighted by Crippen LogP contribution is -2.10. The van der Waals surface area contributed by atoms with E-state index in [9.17, 15) is 4.79 Å². The van der Waals surface area contributed by atoms with Crippen molar-refractivity contribution >= 4 is 5.97 Å². The molecule has 0 radical (unpaired) electrons. The van der Waals surface area contributed by atoms with E-state index in [1.165, 1.54) is 0 Å². The van der Waals surface area contributed by atoms with Gasteiger partial charge in [0.25, 0.3) is 0 Å². The summed E-state index contributed by atoms with van der Waals surface area (Å²) in [5.41, 5.74) is 0. The fraction of sp³-hybridized carbons (Fsp3) is 0.667. The summed E-state index contributed by atoms with van der Waals surface area (Å²) in [7, 11) is 0. The number of carboxylic acid groups (broad SMARTS) is 1. The monoisotopic (exact) mass is 106 g/mol. The van der Waals surface area contributed by atoms with E-state index in [0.717, 1.165) is 0 Å². The molecule has 0 amide bonds. The Morgan fingerprint density at radius 3 is 2.00 bits per heavy atom. The molecule has 0 aliphatic rings. The van der Waals surface area contributed by atoms with Crippen LogP contribution in [0.5, 0.6) is 0 Å². The molecule has 0 spiro atoms. The molecule has 0 unspecified atom stereocenters. The van der Waals surface area contributed by atoms with Crippen molar-refractivity contribution in [2.45, 2.75) is 12.7 Å². The molecule has 0 fully saturated rings. The summed E-state index contributed by atoms with van der Waals surface area (Å²) in [5.74, 6) is -1.21. The molecule has 0 aliphatic carbocycles. The minimum absolute atomic E-state index is 0.611. The molecule has 7 heavy (non-hydrogen) atoms. The first-order valence-corrected chi connectivity index (χ1v) is 1.71. The molecule has 42 valence electrons. The zero-order chi connectivity index (χ0) is 5.86. The van der Waals surface area contributed by atoms with Gasteiger partial charge in [0.05, 0.1) is 6.42 Å². The highest BCUT2D eigenvalue weighted by Gasteiger charge is 2.01. The molecule has 4 heteroatoms. The number of aliphatic hydroxyl groups excluding tert-OH is 1. The van der Waals surface area contributed by atoms with Gasteiger partial charge in [0.2, 0.25) is 0 Å². The number of carboxylic acids is 1. The second-order valence-electron chi connectivity index (χ2n) is 1.08. The Morgan fingerprint density at radius 1 is 1.57 bits per heavy atom. The number of aliphatic hydroxyl groups is 2. The van der Waals surface area contributed by atoms with Crippen LogP contribution >= 0.6 is 0 Å². The number of aliphatic carboxylic acids is 1. The molecule has 0 aromatic rings. The molecular weight excluding hydrogens is 100 g/mol. The summed E-state index contributed by atoms with van der Waals surface area (Å²) in [6.45, 7) is 0. The maximum atomic E-state index is 9.49. The number of hydrogen-bond acceptors (Lipinski definition) is 3. The molecule has 0 bridgehead atoms. The van der Waals surface area contributed by atoms with E-state index < -0.39 is 18.7 Å². The minimum Gasteiger partial charge on any atom is -0.481 e. The van der Waals surface area contributed by atoms with Crippen molar-refractivity contribution in [1.82, 2.24) is 0 Å². The van der Waals surface area contributed by atoms with Crippen LogP contribution in [0.4, 0.5) is 0 Å². The fourth-order valence-electron chi connectivity index (χ4n) is 0.156. The Morgan fingerprint density at radius 2 is 2.00 bits per heavy atom. The zero-order valence-electron chi connectivity index (χ0n) is 3.53. The van der Waals surface area contributed by atoms with Gasteiger partial charge in [-0.05, 0) is 0 Å². The van der Waals surface area contributed by atoms with E-state index in [0.29, 0.717) is 0 Å². The molecule has 0 aliphatic heterocycles. The summed E-state index contributed by atoms with van der Waals surface area (Å²) in [6.07, 6.45) is -2.34. The summed E-state index contributed by atoms with van der Waals surface area (Å²) in [4.78, 5) is 9.49. The molecular formula is C3H6O4. The van der Waals surface area contributed by atoms with Gasteiger partial charge in [0.1, 0.15) is 0 Å². The highest BCUT2D eigenvalue weighted by Crippen LogP contribution is 1.82. The van der Waals surface area contributed by atoms with Crippen LogP contribution < -0.4 is 0 Å². The summed E-state index contributed by atoms with van der Waals surface area (Å²) in [5, 5.41) is 23.6. The first kappa shape index (κ1) is 6.39. The fourth-order valence-corrected chi connectivity index (χ4v) is 0.156. The second-order valence-corrected chi connectivity index (χ2v) is 1.08. The normalized spacial score (nSPS) is 9.57. The number of hydrogen-bond donors (Lipinski definition) is 3. The third kappa shape index (κ3) is 5.39. The van der Waals surface area contributed by atoms with Crippen LogP contribution in [0.25, 0.3) is 0 Å². The Bertz CT molecular complexity index is 67.3. The Balaban J connectivity index is 3.13. The Hall–Kier alpha value is -0.610. The van der Waals surface area contributed by atoms with Crippen molar-refractivity contribution in [1.29, 1.82) is 0 Å². The van der Waals surface area contributed by atoms with Gasteiger partial charge in [-0.1, -0.05) is 0 Å². The number of carbonyl (C=O) groups is 1. The van der Waals surface area contributed by atoms with Crippen LogP contribution in [0.15, 0.2) is 0 Å². The van der Waals surface area contributed by atoms with E-state index >= 15 is 0 Å². The summed E-state index contributed by atoms with van der Waals surface area (Å²) >= 11 is 0. The lowest BCUT2D eigenvalue weighted by Gasteiger charge is -1.93. The largest absolute Gasteiger partial charge is 0.481 e. The van der Waals surface area contributed by atoms with Crippen LogP contribution in [-0.2, 0) is 4.79 Å². The summed E-state index contributed by atoms with van der Waals surface area (Å²) in [6, 6.07) is 0. The Labute approximate surface area is 40.0 Å². The first-order chi connectivity index (χ1) is 3.13. The zero-order valence-corrected chi connectivity index (χ0v) is 3.53. The van der Waals surface area contributed by atoms with E-state index in [1.54, 1.807) is 0 Å². The van der Waals surface area contributed by atoms with Gasteiger partial charge in [0.15, 0.2) is 6.29 Å². The average Bonchev–Trinajstić information content (AvgIpc) is 1.27. The SMILES string of the molecule is O=C(O)CC(O)O. The highest BCUT2D eigenvalue weighted by molar-refractivity contribution is 5.66. The van der Waals surface area contributed by atoms with Crippen molar-refractivity contribution in [2.24, 2.45) is 0 Å². The standard InChI is InChI=1S/C3H6O4/c4-2(5)1-3(6)7/h2,4-5H,1H2,(H,6,7). The summed E-state index contributed by atoms with van der Waals surface area (Å²) < 4.78 is 0. The van der Waals surface area contributed by atoms with Crippen molar-refractivity contribution in [3.63, 3.8) is 0 Å². The van der Waals surface area contributed by atoms with Gasteiger partial charge in [-0.2, -0.15) is 0 Å². The molecule has 0 atom stereocenters. The molecule has 4 nitrogen and oxygen atoms in total. The van der Waals surface area contributed by atoms with E-state index in [2.05, 4.69) is 0 Å². The molecule has 0 aromatic heterocycles. The van der Waals surface area contributed by atoms with Crippen LogP contribution in [0.3, 0.4) is 0 Å². The maximum absolute atomic E-state index is 9.49. The highest BCUT2D eigenvalue weighted by atomic mass is 16.5. The minimum atomic E-state index is -1.72. The van der Waals surface area contributed by atoms with Crippen LogP contribution in [0.2, 0.25) is 0 Å². The van der Waals surface area contributed by atoms with Gasteiger partial charge < -0.3 is 15.3 Å². The van der Waals surface area contributed by atoms with Crippen molar-refractivity contribution in [3.8, 4) is 0 Å². The third-order valence-electron chi connectivity index (χ3n) is 0.357. The molecule has 0 saturated carbocycles. The predicted molar refractivity (Wildman–Crippen MR) is 20.5 cm³/mol. The number of rotatable bonds is 2. The molecule has 0 rings (SSSR count). The van der Waals surface area contributed by atoms with Crippen LogP contribution in [0.1, 0.15) is 6.42 Å². The maximum Gasteiger partial charge on any atom is 0.308 e. The van der Waals surface area contributed by atoms with Crippen LogP contribution in [-0.4, -0.2) is 27.6 Å². The molecule has 0 saturated heterocycles. The van der Waals surface area contributed by atoms with Crippen molar-refractivity contribution in [2.75, 3.05) is 0 Å². The van der Waals surface area contributed by atoms with Gasteiger partial charge in [-0.3, -0.25) is 4.79 Å². The van der Waals surface area contributed by atoms with E-state index in [4.69, 9.17) is 15.3 Å². The lowest BCUT2D eigenvalue weighted by atomic mass is 10.4. The molecule has 0 heterocycles. The lowest BCUT2D eigenvalue weighted by molar-refractivity contribution is -0.145. The van der Waals surface area contributed by atoms with Gasteiger partial charge in [-0.25, -0.2) is 0 Å². The molecule has 0 aromatic carbocycles. The third-order valence-corrected chi connectivity index (χ3v) is 0.357. The average molecular weight is 106 g/mol. The quantitative estimate of drug-likeness (QED) is 0.385. The van der Waals surface area contributed by atoms with Crippen molar-refractivity contribution < 1.29 is 20.1 Å². The molecule has 3 N–H and O–H groups in total. The van der Waals surface area contributed by atoms with E-state index in [1.807, 2.05) is 0 Å². The Kier molecular flexibility index (Phi) is 2.32. The van der Waals surface area contributed by atoms with Gasteiger partial charge in [-0.15, -0.1) is 0 Å². The topological polar surface area (TPSA) is 77.8 Å². The van der Waals surface area contributed by atoms with Gasteiger partial charge >= 0.3 is 5.97 Å². The van der Waals surface area contributed by atoms with Crippen LogP contribution in [0, 0.1) is 0 Å². The second kappa shape index (κ2) is 2.54. The predicted octanol–water partition coefficient (Wildman–Crippen LogP) is -1.23.